The maximum absolute atomic E-state index is 13.2. The molecule has 3 rings (SSSR count). The van der Waals surface area contributed by atoms with Gasteiger partial charge in [-0.1, -0.05) is 43.5 Å². The fourth-order valence-electron chi connectivity index (χ4n) is 4.25. The Morgan fingerprint density at radius 2 is 1.57 bits per heavy atom. The van der Waals surface area contributed by atoms with Crippen LogP contribution in [-0.4, -0.2) is 23.3 Å². The highest BCUT2D eigenvalue weighted by Gasteiger charge is 2.41. The number of primary amides is 1. The molecule has 2 aromatic rings. The maximum atomic E-state index is 13.2. The van der Waals surface area contributed by atoms with Crippen LogP contribution in [0.15, 0.2) is 48.5 Å². The number of amides is 3. The Morgan fingerprint density at radius 1 is 0.943 bits per heavy atom. The highest BCUT2D eigenvalue weighted by Crippen LogP contribution is 2.31. The molecule has 0 aromatic heterocycles. The van der Waals surface area contributed by atoms with Gasteiger partial charge in [0, 0.05) is 12.1 Å². The van der Waals surface area contributed by atoms with Crippen molar-refractivity contribution in [2.45, 2.75) is 69.6 Å². The monoisotopic (exact) mass is 489 g/mol. The van der Waals surface area contributed by atoms with Crippen LogP contribution in [0, 0.1) is 0 Å². The summed E-state index contributed by atoms with van der Waals surface area (Å²) < 4.78 is 39.0. The van der Waals surface area contributed by atoms with Crippen molar-refractivity contribution in [3.05, 3.63) is 70.8 Å². The van der Waals surface area contributed by atoms with Gasteiger partial charge in [0.2, 0.25) is 11.8 Å². The molecule has 0 spiro atoms. The van der Waals surface area contributed by atoms with Crippen LogP contribution < -0.4 is 16.4 Å². The lowest BCUT2D eigenvalue weighted by Crippen LogP contribution is -2.59. The molecule has 0 bridgehead atoms. The second-order valence-electron chi connectivity index (χ2n) is 9.55. The van der Waals surface area contributed by atoms with Crippen LogP contribution in [0.3, 0.4) is 0 Å². The lowest BCUT2D eigenvalue weighted by Gasteiger charge is -2.36. The number of hydrogen-bond acceptors (Lipinski definition) is 3. The minimum atomic E-state index is -4.48. The Kier molecular flexibility index (Phi) is 7.57. The van der Waals surface area contributed by atoms with Gasteiger partial charge in [-0.2, -0.15) is 13.2 Å². The summed E-state index contributed by atoms with van der Waals surface area (Å²) in [5, 5.41) is 5.59. The van der Waals surface area contributed by atoms with Gasteiger partial charge in [-0.3, -0.25) is 14.4 Å². The Labute approximate surface area is 202 Å². The Hall–Kier alpha value is -3.36. The number of hydrogen-bond donors (Lipinski definition) is 3. The molecule has 0 radical (unpaired) electrons. The lowest BCUT2D eigenvalue weighted by molar-refractivity contribution is -0.137. The number of benzene rings is 2. The Morgan fingerprint density at radius 3 is 2.20 bits per heavy atom. The third kappa shape index (κ3) is 6.01. The van der Waals surface area contributed by atoms with E-state index in [0.717, 1.165) is 31.4 Å². The first-order valence-electron chi connectivity index (χ1n) is 11.5. The molecule has 9 heteroatoms. The second kappa shape index (κ2) is 10.1. The van der Waals surface area contributed by atoms with E-state index >= 15 is 0 Å². The normalized spacial score (nSPS) is 15.8. The first-order chi connectivity index (χ1) is 16.3. The van der Waals surface area contributed by atoms with E-state index in [2.05, 4.69) is 10.6 Å². The average molecular weight is 490 g/mol. The first kappa shape index (κ1) is 26.2. The highest BCUT2D eigenvalue weighted by atomic mass is 19.4. The molecule has 0 unspecified atom stereocenters. The number of nitrogens with two attached hydrogens (primary N) is 1. The van der Waals surface area contributed by atoms with Gasteiger partial charge in [0.15, 0.2) is 0 Å². The van der Waals surface area contributed by atoms with E-state index < -0.39 is 40.4 Å². The van der Waals surface area contributed by atoms with Gasteiger partial charge < -0.3 is 16.4 Å². The highest BCUT2D eigenvalue weighted by molar-refractivity contribution is 5.99. The molecule has 1 aliphatic carbocycles. The number of alkyl halides is 3. The van der Waals surface area contributed by atoms with Crippen molar-refractivity contribution in [2.24, 2.45) is 5.73 Å². The summed E-state index contributed by atoms with van der Waals surface area (Å²) in [4.78, 5) is 38.2. The predicted molar refractivity (Wildman–Crippen MR) is 125 cm³/mol. The third-order valence-electron chi connectivity index (χ3n) is 6.66. The molecule has 1 saturated carbocycles. The minimum Gasteiger partial charge on any atom is -0.369 e. The number of halogens is 3. The summed E-state index contributed by atoms with van der Waals surface area (Å²) in [7, 11) is 0. The summed E-state index contributed by atoms with van der Waals surface area (Å²) in [6.45, 7) is 3.23. The van der Waals surface area contributed by atoms with Gasteiger partial charge in [0.05, 0.1) is 11.0 Å². The first-order valence-corrected chi connectivity index (χ1v) is 11.5. The summed E-state index contributed by atoms with van der Waals surface area (Å²) in [5.41, 5.74) is 3.72. The fourth-order valence-corrected chi connectivity index (χ4v) is 4.25. The van der Waals surface area contributed by atoms with E-state index in [9.17, 15) is 27.6 Å². The Balaban J connectivity index is 1.78. The van der Waals surface area contributed by atoms with Crippen molar-refractivity contribution in [3.63, 3.8) is 0 Å². The van der Waals surface area contributed by atoms with E-state index in [1.165, 1.54) is 12.1 Å². The third-order valence-corrected chi connectivity index (χ3v) is 6.66. The number of rotatable bonds is 7. The van der Waals surface area contributed by atoms with Crippen LogP contribution in [-0.2, 0) is 27.7 Å². The van der Waals surface area contributed by atoms with Gasteiger partial charge in [-0.25, -0.2) is 0 Å². The standard InChI is InChI=1S/C26H30F3N3O3/c1-24(2,22(30)34)19-10-7-9-18(15-19)21(33)32-25(12-4-3-5-13-25)23(35)31-16-17-8-6-11-20(14-17)26(27,28)29/h6-11,14-15H,3-5,12-13,16H2,1-2H3,(H2,30,34)(H,31,35)(H,32,33). The zero-order chi connectivity index (χ0) is 25.9. The van der Waals surface area contributed by atoms with Crippen LogP contribution >= 0.6 is 0 Å². The van der Waals surface area contributed by atoms with Gasteiger partial charge in [-0.15, -0.1) is 0 Å². The predicted octanol–water partition coefficient (Wildman–Crippen LogP) is 4.22. The molecule has 35 heavy (non-hydrogen) atoms. The molecular weight excluding hydrogens is 459 g/mol. The van der Waals surface area contributed by atoms with Crippen LogP contribution in [0.5, 0.6) is 0 Å². The number of nitrogens with one attached hydrogen (secondary N) is 2. The van der Waals surface area contributed by atoms with Gasteiger partial charge in [-0.05, 0) is 62.1 Å². The summed E-state index contributed by atoms with van der Waals surface area (Å²) in [6, 6.07) is 11.3. The van der Waals surface area contributed by atoms with Crippen LogP contribution in [0.4, 0.5) is 13.2 Å². The molecule has 0 atom stereocenters. The van der Waals surface area contributed by atoms with Crippen LogP contribution in [0.1, 0.15) is 73.0 Å². The van der Waals surface area contributed by atoms with Crippen LogP contribution in [0.2, 0.25) is 0 Å². The van der Waals surface area contributed by atoms with E-state index in [1.807, 2.05) is 0 Å². The quantitative estimate of drug-likeness (QED) is 0.543. The summed E-state index contributed by atoms with van der Waals surface area (Å²) in [5.74, 6) is -1.44. The second-order valence-corrected chi connectivity index (χ2v) is 9.55. The Bertz CT molecular complexity index is 1110. The zero-order valence-corrected chi connectivity index (χ0v) is 19.8. The topological polar surface area (TPSA) is 101 Å². The molecule has 1 fully saturated rings. The number of carbonyl (C=O) groups excluding carboxylic acids is 3. The van der Waals surface area contributed by atoms with Crippen molar-refractivity contribution < 1.29 is 27.6 Å². The van der Waals surface area contributed by atoms with Crippen molar-refractivity contribution in [2.75, 3.05) is 0 Å². The average Bonchev–Trinajstić information content (AvgIpc) is 2.82. The van der Waals surface area contributed by atoms with Crippen molar-refractivity contribution in [1.82, 2.24) is 10.6 Å². The van der Waals surface area contributed by atoms with Crippen molar-refractivity contribution in [1.29, 1.82) is 0 Å². The van der Waals surface area contributed by atoms with Gasteiger partial charge in [0.1, 0.15) is 5.54 Å². The molecule has 188 valence electrons. The van der Waals surface area contributed by atoms with E-state index in [4.69, 9.17) is 5.73 Å². The number of carbonyl (C=O) groups is 3. The SMILES string of the molecule is CC(C)(C(N)=O)c1cccc(C(=O)NC2(C(=O)NCc3cccc(C(F)(F)F)c3)CCCCC2)c1. The van der Waals surface area contributed by atoms with Gasteiger partial charge in [0.25, 0.3) is 5.91 Å². The summed E-state index contributed by atoms with van der Waals surface area (Å²) in [6.07, 6.45) is -1.27. The van der Waals surface area contributed by atoms with Crippen molar-refractivity contribution in [3.8, 4) is 0 Å². The maximum Gasteiger partial charge on any atom is 0.416 e. The molecule has 2 aromatic carbocycles. The molecule has 0 saturated heterocycles. The molecule has 3 amide bonds. The molecule has 1 aliphatic rings. The zero-order valence-electron chi connectivity index (χ0n) is 19.8. The van der Waals surface area contributed by atoms with Crippen molar-refractivity contribution >= 4 is 17.7 Å². The molecule has 6 nitrogen and oxygen atoms in total. The van der Waals surface area contributed by atoms with E-state index in [-0.39, 0.29) is 12.1 Å². The molecule has 0 heterocycles. The van der Waals surface area contributed by atoms with E-state index in [0.29, 0.717) is 24.0 Å². The molecule has 0 aliphatic heterocycles. The van der Waals surface area contributed by atoms with Gasteiger partial charge >= 0.3 is 6.18 Å². The molecular formula is C26H30F3N3O3. The fraction of sp³-hybridized carbons (Fsp3) is 0.423. The smallest absolute Gasteiger partial charge is 0.369 e. The largest absolute Gasteiger partial charge is 0.416 e. The molecule has 4 N–H and O–H groups in total. The summed E-state index contributed by atoms with van der Waals surface area (Å²) >= 11 is 0. The van der Waals surface area contributed by atoms with E-state index in [1.54, 1.807) is 38.1 Å². The minimum absolute atomic E-state index is 0.0946. The lowest BCUT2D eigenvalue weighted by atomic mass is 9.80. The van der Waals surface area contributed by atoms with Crippen LogP contribution in [0.25, 0.3) is 0 Å².